The number of halogens is 2. The van der Waals surface area contributed by atoms with Gasteiger partial charge in [-0.25, -0.2) is 19.6 Å². The number of benzene rings is 2. The Morgan fingerprint density at radius 1 is 0.860 bits per heavy atom. The number of aromatic amines is 1. The Labute approximate surface area is 342 Å². The molecule has 7 atom stereocenters. The molecular formula is C43H48Cl2N6O6. The highest BCUT2D eigenvalue weighted by Crippen LogP contribution is 2.54. The molecule has 5 heterocycles. The van der Waals surface area contributed by atoms with Crippen molar-refractivity contribution in [1.29, 1.82) is 0 Å². The molecule has 300 valence electrons. The Morgan fingerprint density at radius 3 is 2.09 bits per heavy atom. The van der Waals surface area contributed by atoms with Crippen LogP contribution < -0.4 is 5.32 Å². The lowest BCUT2D eigenvalue weighted by Gasteiger charge is -2.36. The van der Waals surface area contributed by atoms with Gasteiger partial charge in [-0.15, -0.1) is 0 Å². The van der Waals surface area contributed by atoms with Gasteiger partial charge < -0.3 is 29.4 Å². The maximum absolute atomic E-state index is 14.2. The van der Waals surface area contributed by atoms with Crippen LogP contribution in [0.4, 0.5) is 9.59 Å². The lowest BCUT2D eigenvalue weighted by Crippen LogP contribution is -2.56. The minimum atomic E-state index is -0.678. The number of imidazole rings is 1. The highest BCUT2D eigenvalue weighted by Gasteiger charge is 2.58. The average Bonchev–Trinajstić information content (AvgIpc) is 3.90. The van der Waals surface area contributed by atoms with Gasteiger partial charge in [0.05, 0.1) is 19.2 Å². The van der Waals surface area contributed by atoms with Crippen LogP contribution in [0.5, 0.6) is 0 Å². The zero-order valence-electron chi connectivity index (χ0n) is 32.6. The third-order valence-electron chi connectivity index (χ3n) is 12.5. The predicted octanol–water partition coefficient (Wildman–Crippen LogP) is 8.36. The molecule has 0 unspecified atom stereocenters. The second kappa shape index (κ2) is 14.8. The van der Waals surface area contributed by atoms with E-state index in [0.29, 0.717) is 66.1 Å². The van der Waals surface area contributed by atoms with Gasteiger partial charge >= 0.3 is 12.2 Å². The van der Waals surface area contributed by atoms with E-state index in [-0.39, 0.29) is 42.1 Å². The first kappa shape index (κ1) is 38.1. The third-order valence-corrected chi connectivity index (χ3v) is 13.1. The van der Waals surface area contributed by atoms with Gasteiger partial charge in [0.15, 0.2) is 0 Å². The molecule has 3 saturated heterocycles. The number of H-pyrrole nitrogens is 1. The summed E-state index contributed by atoms with van der Waals surface area (Å²) >= 11 is 13.6. The summed E-state index contributed by atoms with van der Waals surface area (Å²) < 4.78 is 16.2. The number of ether oxygens (including phenoxy) is 3. The number of hydrogen-bond acceptors (Lipinski definition) is 8. The summed E-state index contributed by atoms with van der Waals surface area (Å²) in [5.41, 5.74) is 5.82. The zero-order chi connectivity index (χ0) is 39.7. The first-order valence-corrected chi connectivity index (χ1v) is 20.8. The van der Waals surface area contributed by atoms with Crippen LogP contribution in [0.25, 0.3) is 28.0 Å². The molecule has 3 aromatic rings. The molecule has 2 aliphatic carbocycles. The number of methoxy groups -OCH3 is 1. The molecule has 0 spiro atoms. The maximum Gasteiger partial charge on any atom is 0.411 e. The van der Waals surface area contributed by atoms with Gasteiger partial charge in [-0.2, -0.15) is 0 Å². The van der Waals surface area contributed by atoms with Crippen molar-refractivity contribution in [2.75, 3.05) is 20.3 Å². The molecule has 6 aliphatic rings. The molecule has 12 nitrogen and oxygen atoms in total. The van der Waals surface area contributed by atoms with Gasteiger partial charge in [0.2, 0.25) is 5.91 Å². The molecule has 9 rings (SSSR count). The van der Waals surface area contributed by atoms with Crippen LogP contribution in [0.2, 0.25) is 5.15 Å². The van der Waals surface area contributed by atoms with E-state index in [1.54, 1.807) is 0 Å². The number of carbonyl (C=O) groups excluding carboxylic acids is 3. The van der Waals surface area contributed by atoms with E-state index in [2.05, 4.69) is 46.7 Å². The lowest BCUT2D eigenvalue weighted by atomic mass is 9.90. The fraction of sp³-hybridized carbons (Fsp3) is 0.512. The van der Waals surface area contributed by atoms with Crippen molar-refractivity contribution in [3.8, 4) is 22.4 Å². The Kier molecular flexibility index (Phi) is 9.88. The van der Waals surface area contributed by atoms with Crippen molar-refractivity contribution in [3.05, 3.63) is 70.2 Å². The molecular weight excluding hydrogens is 767 g/mol. The largest absolute Gasteiger partial charge is 0.453 e. The van der Waals surface area contributed by atoms with Crippen LogP contribution >= 0.6 is 23.2 Å². The second-order valence-electron chi connectivity index (χ2n) is 17.3. The molecule has 0 radical (unpaired) electrons. The first-order chi connectivity index (χ1) is 27.4. The second-order valence-corrected chi connectivity index (χ2v) is 18.1. The third kappa shape index (κ3) is 7.45. The number of aromatic nitrogens is 2. The fourth-order valence-corrected chi connectivity index (χ4v) is 9.96. The van der Waals surface area contributed by atoms with Gasteiger partial charge in [-0.3, -0.25) is 9.69 Å². The predicted molar refractivity (Wildman–Crippen MR) is 217 cm³/mol. The fourth-order valence-electron chi connectivity index (χ4n) is 9.43. The summed E-state index contributed by atoms with van der Waals surface area (Å²) in [6.45, 7) is 6.76. The minimum Gasteiger partial charge on any atom is -0.453 e. The Balaban J connectivity index is 0.865. The Hall–Kier alpha value is -4.39. The number of nitrogens with one attached hydrogen (secondary N) is 2. The molecule has 2 saturated carbocycles. The minimum absolute atomic E-state index is 0.0250. The van der Waals surface area contributed by atoms with Crippen LogP contribution in [-0.2, 0) is 19.0 Å². The average molecular weight is 816 g/mol. The number of alkyl carbamates (subject to hydrolysis) is 1. The molecule has 0 bridgehead atoms. The number of rotatable bonds is 8. The van der Waals surface area contributed by atoms with Crippen LogP contribution in [0.1, 0.15) is 83.1 Å². The summed E-state index contributed by atoms with van der Waals surface area (Å²) in [5, 5.41) is 3.74. The smallest absolute Gasteiger partial charge is 0.411 e. The molecule has 3 amide bonds. The highest BCUT2D eigenvalue weighted by molar-refractivity contribution is 6.35. The topological polar surface area (TPSA) is 138 Å². The number of carbonyl (C=O) groups is 3. The van der Waals surface area contributed by atoms with Gasteiger partial charge in [0.1, 0.15) is 33.5 Å². The van der Waals surface area contributed by atoms with Crippen molar-refractivity contribution in [2.45, 2.75) is 102 Å². The number of likely N-dealkylation sites (tertiary alicyclic amines) is 2. The van der Waals surface area contributed by atoms with Crippen molar-refractivity contribution in [3.63, 3.8) is 0 Å². The number of nitrogens with zero attached hydrogens (tertiary/aromatic N) is 4. The monoisotopic (exact) mass is 814 g/mol. The van der Waals surface area contributed by atoms with Gasteiger partial charge in [-0.05, 0) is 93.7 Å². The van der Waals surface area contributed by atoms with E-state index < -0.39 is 17.7 Å². The van der Waals surface area contributed by atoms with E-state index in [0.717, 1.165) is 59.2 Å². The summed E-state index contributed by atoms with van der Waals surface area (Å²) in [4.78, 5) is 56.5. The number of amides is 3. The summed E-state index contributed by atoms with van der Waals surface area (Å²) in [6, 6.07) is 15.7. The van der Waals surface area contributed by atoms with Crippen LogP contribution in [-0.4, -0.2) is 93.7 Å². The number of hydrogen-bond donors (Lipinski definition) is 2. The molecule has 5 fully saturated rings. The SMILES string of the molecule is COC(=O)N[C@H](C(=O)N1[C@@H]2C[C@@H]2C[C@H]1C1=NC(Cl)=C(c2ccc(-c3ccc(-c4nc([C@@H]5C[C@H]6C[C@H]6N5C(=O)OC(C)(C)C)[nH]c4Cl)cc3)cc2)C1)C1CCOCC1. The molecule has 2 aromatic carbocycles. The lowest BCUT2D eigenvalue weighted by molar-refractivity contribution is -0.136. The maximum atomic E-state index is 14.2. The summed E-state index contributed by atoms with van der Waals surface area (Å²) in [5.74, 6) is 1.48. The summed E-state index contributed by atoms with van der Waals surface area (Å²) in [6.07, 6.45) is 4.68. The molecule has 2 N–H and O–H groups in total. The van der Waals surface area contributed by atoms with E-state index in [1.807, 2.05) is 42.7 Å². The van der Waals surface area contributed by atoms with Gasteiger partial charge in [0.25, 0.3) is 0 Å². The number of fused-ring (bicyclic) bond motifs is 2. The Bertz CT molecular complexity index is 2140. The van der Waals surface area contributed by atoms with Gasteiger partial charge in [-0.1, -0.05) is 71.7 Å². The zero-order valence-corrected chi connectivity index (χ0v) is 34.1. The van der Waals surface area contributed by atoms with Crippen molar-refractivity contribution < 1.29 is 28.6 Å². The molecule has 57 heavy (non-hydrogen) atoms. The summed E-state index contributed by atoms with van der Waals surface area (Å²) in [7, 11) is 1.32. The highest BCUT2D eigenvalue weighted by atomic mass is 35.5. The normalized spacial score (nSPS) is 27.2. The first-order valence-electron chi connectivity index (χ1n) is 20.0. The quantitative estimate of drug-likeness (QED) is 0.218. The molecule has 14 heteroatoms. The van der Waals surface area contributed by atoms with E-state index in [1.165, 1.54) is 7.11 Å². The standard InChI is InChI=1S/C43H48Cl2N6O6/c1-43(2,3)57-42(54)51-32-18-28(32)20-34(51)39-47-35(38(45)49-39)25-11-7-23(8-12-25)22-5-9-24(10-6-22)29-21-30(46-37(29)44)33-19-27-17-31(27)50(33)40(52)36(48-41(53)55-4)26-13-15-56-16-14-26/h5-12,26-28,31-34,36H,13-21H2,1-4H3,(H,47,49)(H,48,53)/t27-,28-,31-,32-,33+,34+,36+/m1/s1. The van der Waals surface area contributed by atoms with E-state index >= 15 is 0 Å². The Morgan fingerprint density at radius 2 is 1.46 bits per heavy atom. The van der Waals surface area contributed by atoms with Gasteiger partial charge in [0, 0.05) is 48.6 Å². The van der Waals surface area contributed by atoms with Crippen molar-refractivity contribution >= 4 is 52.6 Å². The van der Waals surface area contributed by atoms with Crippen molar-refractivity contribution in [1.82, 2.24) is 25.1 Å². The number of aliphatic imine (C=N–C) groups is 1. The number of piperidine rings is 2. The van der Waals surface area contributed by atoms with Crippen molar-refractivity contribution in [2.24, 2.45) is 22.7 Å². The van der Waals surface area contributed by atoms with Crippen LogP contribution in [0.15, 0.2) is 58.7 Å². The molecule has 1 aromatic heterocycles. The van der Waals surface area contributed by atoms with Crippen LogP contribution in [0.3, 0.4) is 0 Å². The molecule has 4 aliphatic heterocycles. The van der Waals surface area contributed by atoms with E-state index in [9.17, 15) is 14.4 Å². The van der Waals surface area contributed by atoms with Crippen LogP contribution in [0, 0.1) is 17.8 Å². The van der Waals surface area contributed by atoms with E-state index in [4.69, 9.17) is 47.4 Å². The number of allylic oxidation sites excluding steroid dienone is 1.